The number of halogens is 1. The van der Waals surface area contributed by atoms with E-state index in [-0.39, 0.29) is 5.82 Å². The van der Waals surface area contributed by atoms with E-state index in [1.165, 1.54) is 12.1 Å². The number of para-hydroxylation sites is 1. The minimum absolute atomic E-state index is 0.387. The second-order valence-electron chi connectivity index (χ2n) is 6.95. The predicted octanol–water partition coefficient (Wildman–Crippen LogP) is 4.40. The van der Waals surface area contributed by atoms with Gasteiger partial charge in [0.15, 0.2) is 0 Å². The molecule has 1 aromatic heterocycles. The lowest BCUT2D eigenvalue weighted by Gasteiger charge is -2.25. The first-order valence-corrected chi connectivity index (χ1v) is 9.40. The van der Waals surface area contributed by atoms with Crippen molar-refractivity contribution in [3.63, 3.8) is 0 Å². The first kappa shape index (κ1) is 19.2. The van der Waals surface area contributed by atoms with Crippen LogP contribution < -0.4 is 4.74 Å². The molecule has 0 bridgehead atoms. The molecule has 0 aliphatic rings. The van der Waals surface area contributed by atoms with Gasteiger partial charge in [-0.3, -0.25) is 0 Å². The maximum Gasteiger partial charge on any atom is 0.123 e. The average Bonchev–Trinajstić information content (AvgIpc) is 3.13. The molecule has 4 rings (SSSR count). The van der Waals surface area contributed by atoms with Crippen LogP contribution in [0.2, 0.25) is 0 Å². The fourth-order valence-corrected chi connectivity index (χ4v) is 3.81. The van der Waals surface area contributed by atoms with Crippen LogP contribution in [0.5, 0.6) is 5.75 Å². The third-order valence-corrected chi connectivity index (χ3v) is 5.16. The largest absolute Gasteiger partial charge is 0.497 e. The van der Waals surface area contributed by atoms with Crippen LogP contribution in [0.25, 0.3) is 22.0 Å². The number of methoxy groups -OCH3 is 1. The molecule has 0 saturated heterocycles. The molecule has 0 radical (unpaired) electrons. The SMILES string of the molecule is COc1cccc(-c2cn([C@@H](c3cccc(F)c3)[C@H](O)CO)c3ccccc23)c1. The van der Waals surface area contributed by atoms with Crippen LogP contribution in [0.15, 0.2) is 79.0 Å². The van der Waals surface area contributed by atoms with Gasteiger partial charge in [-0.1, -0.05) is 42.5 Å². The lowest BCUT2D eigenvalue weighted by atomic mass is 10.0. The van der Waals surface area contributed by atoms with Crippen molar-refractivity contribution in [3.05, 3.63) is 90.4 Å². The Morgan fingerprint density at radius 3 is 2.55 bits per heavy atom. The van der Waals surface area contributed by atoms with E-state index in [1.54, 1.807) is 19.2 Å². The lowest BCUT2D eigenvalue weighted by Crippen LogP contribution is -2.28. The summed E-state index contributed by atoms with van der Waals surface area (Å²) in [5, 5.41) is 21.3. The molecule has 0 spiro atoms. The van der Waals surface area contributed by atoms with Crippen LogP contribution in [0.4, 0.5) is 4.39 Å². The summed E-state index contributed by atoms with van der Waals surface area (Å²) >= 11 is 0. The van der Waals surface area contributed by atoms with E-state index in [0.717, 1.165) is 27.8 Å². The highest BCUT2D eigenvalue weighted by Gasteiger charge is 2.25. The zero-order chi connectivity index (χ0) is 20.4. The molecule has 0 saturated carbocycles. The van der Waals surface area contributed by atoms with Crippen LogP contribution in [0, 0.1) is 5.82 Å². The fraction of sp³-hybridized carbons (Fsp3) is 0.167. The summed E-state index contributed by atoms with van der Waals surface area (Å²) < 4.78 is 21.2. The van der Waals surface area contributed by atoms with Crippen molar-refractivity contribution in [2.75, 3.05) is 13.7 Å². The first-order chi connectivity index (χ1) is 14.1. The van der Waals surface area contributed by atoms with Crippen LogP contribution in [0.1, 0.15) is 11.6 Å². The number of benzene rings is 3. The smallest absolute Gasteiger partial charge is 0.123 e. The van der Waals surface area contributed by atoms with Gasteiger partial charge in [0.1, 0.15) is 17.7 Å². The molecule has 0 unspecified atom stereocenters. The second kappa shape index (κ2) is 8.07. The Hall–Kier alpha value is -3.15. The van der Waals surface area contributed by atoms with Gasteiger partial charge >= 0.3 is 0 Å². The highest BCUT2D eigenvalue weighted by atomic mass is 19.1. The van der Waals surface area contributed by atoms with Gasteiger partial charge in [0.05, 0.1) is 19.8 Å². The standard InChI is InChI=1S/C24H22FNO3/c1-29-19-9-5-6-16(13-19)21-14-26(22-11-3-2-10-20(21)22)24(23(28)15-27)17-7-4-8-18(25)12-17/h2-14,23-24,27-28H,15H2,1H3/t23-,24+/m1/s1. The van der Waals surface area contributed by atoms with Crippen molar-refractivity contribution in [2.24, 2.45) is 0 Å². The average molecular weight is 391 g/mol. The summed E-state index contributed by atoms with van der Waals surface area (Å²) in [6.07, 6.45) is 0.847. The number of nitrogens with zero attached hydrogens (tertiary/aromatic N) is 1. The van der Waals surface area contributed by atoms with E-state index in [9.17, 15) is 14.6 Å². The highest BCUT2D eigenvalue weighted by molar-refractivity contribution is 5.96. The van der Waals surface area contributed by atoms with Crippen LogP contribution in [-0.4, -0.2) is 34.6 Å². The number of hydrogen-bond acceptors (Lipinski definition) is 3. The number of rotatable bonds is 6. The number of aliphatic hydroxyl groups excluding tert-OH is 2. The number of aromatic nitrogens is 1. The van der Waals surface area contributed by atoms with Gasteiger partial charge in [-0.05, 0) is 41.5 Å². The van der Waals surface area contributed by atoms with Crippen molar-refractivity contribution in [3.8, 4) is 16.9 Å². The molecule has 4 nitrogen and oxygen atoms in total. The van der Waals surface area contributed by atoms with E-state index < -0.39 is 18.8 Å². The third-order valence-electron chi connectivity index (χ3n) is 5.16. The minimum Gasteiger partial charge on any atom is -0.497 e. The molecule has 4 aromatic rings. The summed E-state index contributed by atoms with van der Waals surface area (Å²) in [7, 11) is 1.62. The normalized spacial score (nSPS) is 13.4. The first-order valence-electron chi connectivity index (χ1n) is 9.40. The Balaban J connectivity index is 1.95. The van der Waals surface area contributed by atoms with Crippen molar-refractivity contribution in [1.82, 2.24) is 4.57 Å². The molecule has 1 heterocycles. The second-order valence-corrected chi connectivity index (χ2v) is 6.95. The van der Waals surface area contributed by atoms with E-state index >= 15 is 0 Å². The van der Waals surface area contributed by atoms with E-state index in [1.807, 2.05) is 59.3 Å². The van der Waals surface area contributed by atoms with Crippen LogP contribution in [-0.2, 0) is 0 Å². The predicted molar refractivity (Wildman–Crippen MR) is 112 cm³/mol. The summed E-state index contributed by atoms with van der Waals surface area (Å²) in [5.74, 6) is 0.360. The molecular weight excluding hydrogens is 369 g/mol. The summed E-state index contributed by atoms with van der Waals surface area (Å²) in [4.78, 5) is 0. The minimum atomic E-state index is -1.09. The topological polar surface area (TPSA) is 54.6 Å². The molecule has 2 N–H and O–H groups in total. The Bertz CT molecular complexity index is 1140. The van der Waals surface area contributed by atoms with Crippen molar-refractivity contribution >= 4 is 10.9 Å². The maximum absolute atomic E-state index is 13.9. The Morgan fingerprint density at radius 1 is 1.00 bits per heavy atom. The third kappa shape index (κ3) is 3.62. The molecule has 0 aliphatic carbocycles. The maximum atomic E-state index is 13.9. The van der Waals surface area contributed by atoms with Crippen LogP contribution in [0.3, 0.4) is 0 Å². The highest BCUT2D eigenvalue weighted by Crippen LogP contribution is 2.36. The number of hydrogen-bond donors (Lipinski definition) is 2. The molecule has 0 fully saturated rings. The van der Waals surface area contributed by atoms with Gasteiger partial charge in [-0.25, -0.2) is 4.39 Å². The quantitative estimate of drug-likeness (QED) is 0.512. The molecule has 148 valence electrons. The van der Waals surface area contributed by atoms with E-state index in [4.69, 9.17) is 4.74 Å². The molecule has 0 aliphatic heterocycles. The van der Waals surface area contributed by atoms with Gasteiger partial charge < -0.3 is 19.5 Å². The van der Waals surface area contributed by atoms with Crippen molar-refractivity contribution in [1.29, 1.82) is 0 Å². The molecule has 2 atom stereocenters. The number of fused-ring (bicyclic) bond motifs is 1. The zero-order valence-electron chi connectivity index (χ0n) is 16.0. The molecule has 5 heteroatoms. The number of ether oxygens (including phenoxy) is 1. The summed E-state index contributed by atoms with van der Waals surface area (Å²) in [6, 6.07) is 21.1. The monoisotopic (exact) mass is 391 g/mol. The van der Waals surface area contributed by atoms with Gasteiger partial charge in [0, 0.05) is 22.7 Å². The van der Waals surface area contributed by atoms with Gasteiger partial charge in [0.25, 0.3) is 0 Å². The van der Waals surface area contributed by atoms with Crippen molar-refractivity contribution < 1.29 is 19.3 Å². The number of aliphatic hydroxyl groups is 2. The molecule has 0 amide bonds. The van der Waals surface area contributed by atoms with Gasteiger partial charge in [-0.2, -0.15) is 0 Å². The molecular formula is C24H22FNO3. The summed E-state index contributed by atoms with van der Waals surface area (Å²) in [5.41, 5.74) is 3.40. The van der Waals surface area contributed by atoms with Crippen molar-refractivity contribution in [2.45, 2.75) is 12.1 Å². The van der Waals surface area contributed by atoms with Gasteiger partial charge in [0.2, 0.25) is 0 Å². The molecule has 29 heavy (non-hydrogen) atoms. The lowest BCUT2D eigenvalue weighted by molar-refractivity contribution is 0.0653. The summed E-state index contributed by atoms with van der Waals surface area (Å²) in [6.45, 7) is -0.442. The van der Waals surface area contributed by atoms with Crippen LogP contribution >= 0.6 is 0 Å². The van der Waals surface area contributed by atoms with E-state index in [0.29, 0.717) is 5.56 Å². The zero-order valence-corrected chi connectivity index (χ0v) is 16.0. The Morgan fingerprint density at radius 2 is 1.79 bits per heavy atom. The Labute approximate surface area is 168 Å². The van der Waals surface area contributed by atoms with Gasteiger partial charge in [-0.15, -0.1) is 0 Å². The fourth-order valence-electron chi connectivity index (χ4n) is 3.81. The van der Waals surface area contributed by atoms with E-state index in [2.05, 4.69) is 0 Å². The molecule has 3 aromatic carbocycles. The Kier molecular flexibility index (Phi) is 5.34.